The summed E-state index contributed by atoms with van der Waals surface area (Å²) in [5.41, 5.74) is -2.24. The first-order valence-corrected chi connectivity index (χ1v) is 8.36. The number of aromatic nitrogens is 2. The van der Waals surface area contributed by atoms with Crippen molar-refractivity contribution in [2.45, 2.75) is 38.2 Å². The van der Waals surface area contributed by atoms with Gasteiger partial charge in [0.1, 0.15) is 17.8 Å². The second-order valence-corrected chi connectivity index (χ2v) is 6.29. The van der Waals surface area contributed by atoms with E-state index in [1.165, 1.54) is 6.08 Å². The third-order valence-corrected chi connectivity index (χ3v) is 4.30. The molecular formula is C18H15F6N3O. The van der Waals surface area contributed by atoms with Gasteiger partial charge in [-0.15, -0.1) is 0 Å². The van der Waals surface area contributed by atoms with E-state index in [4.69, 9.17) is 0 Å². The van der Waals surface area contributed by atoms with Gasteiger partial charge >= 0.3 is 6.18 Å². The van der Waals surface area contributed by atoms with Crippen LogP contribution in [-0.4, -0.2) is 28.0 Å². The third-order valence-electron chi connectivity index (χ3n) is 4.30. The molecule has 3 rings (SSSR count). The summed E-state index contributed by atoms with van der Waals surface area (Å²) in [6.07, 6.45) is -1.42. The average molecular weight is 403 g/mol. The molecule has 0 spiro atoms. The van der Waals surface area contributed by atoms with Gasteiger partial charge in [0.2, 0.25) is 0 Å². The number of carbonyl (C=O) groups excluding carboxylic acids is 1. The van der Waals surface area contributed by atoms with Gasteiger partial charge in [-0.05, 0) is 12.5 Å². The van der Waals surface area contributed by atoms with E-state index in [1.807, 2.05) is 0 Å². The van der Waals surface area contributed by atoms with Crippen molar-refractivity contribution >= 4 is 11.6 Å². The van der Waals surface area contributed by atoms with Crippen LogP contribution >= 0.6 is 0 Å². The van der Waals surface area contributed by atoms with Gasteiger partial charge in [-0.25, -0.2) is 13.2 Å². The minimum absolute atomic E-state index is 0.0152. The van der Waals surface area contributed by atoms with Gasteiger partial charge < -0.3 is 5.32 Å². The maximum atomic E-state index is 14.0. The van der Waals surface area contributed by atoms with Crippen molar-refractivity contribution in [3.8, 4) is 0 Å². The molecule has 0 aromatic carbocycles. The monoisotopic (exact) mass is 403 g/mol. The summed E-state index contributed by atoms with van der Waals surface area (Å²) in [6, 6.07) is 0. The predicted octanol–water partition coefficient (Wildman–Crippen LogP) is 4.85. The van der Waals surface area contributed by atoms with E-state index < -0.39 is 53.2 Å². The minimum atomic E-state index is -4.70. The van der Waals surface area contributed by atoms with Crippen molar-refractivity contribution in [2.75, 3.05) is 5.32 Å². The Bertz CT molecular complexity index is 907. The van der Waals surface area contributed by atoms with Crippen LogP contribution in [0.15, 0.2) is 59.0 Å². The molecule has 1 N–H and O–H groups in total. The minimum Gasteiger partial charge on any atom is -0.319 e. The van der Waals surface area contributed by atoms with E-state index >= 15 is 0 Å². The van der Waals surface area contributed by atoms with Crippen LogP contribution in [0, 0.1) is 0 Å². The zero-order valence-corrected chi connectivity index (χ0v) is 14.4. The molecule has 0 saturated heterocycles. The summed E-state index contributed by atoms with van der Waals surface area (Å²) < 4.78 is 81.7. The van der Waals surface area contributed by atoms with Crippen molar-refractivity contribution in [3.63, 3.8) is 0 Å². The van der Waals surface area contributed by atoms with Gasteiger partial charge in [0, 0.05) is 24.6 Å². The van der Waals surface area contributed by atoms with E-state index in [2.05, 4.69) is 10.4 Å². The Hall–Kier alpha value is -2.78. The number of allylic oxidation sites excluding steroid dienone is 7. The largest absolute Gasteiger partial charge is 0.416 e. The van der Waals surface area contributed by atoms with Crippen molar-refractivity contribution in [1.82, 2.24) is 9.78 Å². The molecule has 0 bridgehead atoms. The molecule has 0 radical (unpaired) electrons. The number of rotatable bonds is 4. The quantitative estimate of drug-likeness (QED) is 0.731. The van der Waals surface area contributed by atoms with Crippen LogP contribution in [0.25, 0.3) is 0 Å². The Morgan fingerprint density at radius 3 is 2.75 bits per heavy atom. The Morgan fingerprint density at radius 2 is 2.07 bits per heavy atom. The molecular weight excluding hydrogens is 388 g/mol. The lowest BCUT2D eigenvalue weighted by atomic mass is 9.96. The van der Waals surface area contributed by atoms with E-state index in [1.54, 1.807) is 0 Å². The highest BCUT2D eigenvalue weighted by Crippen LogP contribution is 2.38. The van der Waals surface area contributed by atoms with Gasteiger partial charge in [-0.2, -0.15) is 18.3 Å². The fourth-order valence-electron chi connectivity index (χ4n) is 3.00. The van der Waals surface area contributed by atoms with E-state index in [0.29, 0.717) is 0 Å². The molecule has 0 saturated carbocycles. The number of hydrogen-bond acceptors (Lipinski definition) is 2. The van der Waals surface area contributed by atoms with Crippen LogP contribution in [0.2, 0.25) is 0 Å². The van der Waals surface area contributed by atoms with E-state index in [0.717, 1.165) is 29.2 Å². The van der Waals surface area contributed by atoms with Crippen LogP contribution in [0.3, 0.4) is 0 Å². The summed E-state index contributed by atoms with van der Waals surface area (Å²) in [5.74, 6) is -2.90. The molecule has 10 heteroatoms. The predicted molar refractivity (Wildman–Crippen MR) is 89.1 cm³/mol. The molecule has 150 valence electrons. The fraction of sp³-hybridized carbons (Fsp3) is 0.333. The third kappa shape index (κ3) is 4.20. The molecule has 2 aliphatic rings. The number of nitrogens with zero attached hydrogens (tertiary/aromatic N) is 2. The number of alkyl halides is 4. The molecule has 0 fully saturated rings. The van der Waals surface area contributed by atoms with Crippen LogP contribution in [0.5, 0.6) is 0 Å². The van der Waals surface area contributed by atoms with Gasteiger partial charge in [-0.1, -0.05) is 12.2 Å². The Morgan fingerprint density at radius 1 is 1.32 bits per heavy atom. The first-order valence-electron chi connectivity index (χ1n) is 8.36. The zero-order chi connectivity index (χ0) is 20.5. The standard InChI is InChI=1S/C18H15F6N3O/c19-13-4-1-3-12(18(22,23)24)11(13)9-27-8-10(7-25-27)26-17(28)16-14(20)5-2-6-15(16)21/h2-3,5,7-8,15H,1,4,6,9H2,(H,26,28). The first kappa shape index (κ1) is 20.0. The number of nitrogens with one attached hydrogen (secondary N) is 1. The summed E-state index contributed by atoms with van der Waals surface area (Å²) in [5, 5.41) is 6.03. The molecule has 4 nitrogen and oxygen atoms in total. The molecule has 1 aromatic rings. The Kier molecular flexibility index (Phi) is 5.48. The van der Waals surface area contributed by atoms with Crippen LogP contribution in [-0.2, 0) is 11.3 Å². The molecule has 1 atom stereocenters. The van der Waals surface area contributed by atoms with Crippen molar-refractivity contribution in [1.29, 1.82) is 0 Å². The summed E-state index contributed by atoms with van der Waals surface area (Å²) in [7, 11) is 0. The first-order chi connectivity index (χ1) is 13.2. The summed E-state index contributed by atoms with van der Waals surface area (Å²) >= 11 is 0. The number of carbonyl (C=O) groups is 1. The zero-order valence-electron chi connectivity index (χ0n) is 14.4. The van der Waals surface area contributed by atoms with Gasteiger partial charge in [0.15, 0.2) is 0 Å². The molecule has 0 aliphatic heterocycles. The normalized spacial score (nSPS) is 20.5. The number of amides is 1. The van der Waals surface area contributed by atoms with Gasteiger partial charge in [0.25, 0.3) is 5.91 Å². The lowest BCUT2D eigenvalue weighted by Gasteiger charge is -2.20. The summed E-state index contributed by atoms with van der Waals surface area (Å²) in [6.45, 7) is -0.501. The highest BCUT2D eigenvalue weighted by molar-refractivity contribution is 6.05. The maximum absolute atomic E-state index is 14.0. The van der Waals surface area contributed by atoms with Crippen molar-refractivity contribution in [3.05, 3.63) is 59.0 Å². The number of halogens is 6. The fourth-order valence-corrected chi connectivity index (χ4v) is 3.00. The van der Waals surface area contributed by atoms with Crippen LogP contribution < -0.4 is 5.32 Å². The maximum Gasteiger partial charge on any atom is 0.416 e. The highest BCUT2D eigenvalue weighted by atomic mass is 19.4. The van der Waals surface area contributed by atoms with E-state index in [9.17, 15) is 31.1 Å². The molecule has 1 heterocycles. The molecule has 28 heavy (non-hydrogen) atoms. The SMILES string of the molecule is O=C(Nc1cnn(CC2=C(F)CCC=C2C(F)(F)F)c1)C1=C(F)C=CCC1F. The Balaban J connectivity index is 1.75. The van der Waals surface area contributed by atoms with Crippen LogP contribution in [0.4, 0.5) is 32.0 Å². The highest BCUT2D eigenvalue weighted by Gasteiger charge is 2.38. The van der Waals surface area contributed by atoms with Crippen LogP contribution in [0.1, 0.15) is 19.3 Å². The van der Waals surface area contributed by atoms with E-state index in [-0.39, 0.29) is 24.9 Å². The molecule has 1 aromatic heterocycles. The lowest BCUT2D eigenvalue weighted by molar-refractivity contribution is -0.113. The average Bonchev–Trinajstić information content (AvgIpc) is 3.02. The second kappa shape index (κ2) is 7.69. The topological polar surface area (TPSA) is 46.9 Å². The molecule has 1 unspecified atom stereocenters. The van der Waals surface area contributed by atoms with Crippen molar-refractivity contribution in [2.24, 2.45) is 0 Å². The smallest absolute Gasteiger partial charge is 0.319 e. The second-order valence-electron chi connectivity index (χ2n) is 6.29. The van der Waals surface area contributed by atoms with Crippen molar-refractivity contribution < 1.29 is 31.1 Å². The van der Waals surface area contributed by atoms with Gasteiger partial charge in [0.05, 0.1) is 29.6 Å². The van der Waals surface area contributed by atoms with Gasteiger partial charge in [-0.3, -0.25) is 9.48 Å². The Labute approximate surface area is 155 Å². The number of anilines is 1. The molecule has 1 amide bonds. The molecule has 2 aliphatic carbocycles. The lowest BCUT2D eigenvalue weighted by Crippen LogP contribution is -2.23. The number of hydrogen-bond donors (Lipinski definition) is 1. The summed E-state index contributed by atoms with van der Waals surface area (Å²) in [4.78, 5) is 12.1.